The molecular weight excluding hydrogens is 336 g/mol. The van der Waals surface area contributed by atoms with E-state index >= 15 is 0 Å². The molecule has 144 valence electrons. The molecule has 1 aliphatic heterocycles. The zero-order valence-corrected chi connectivity index (χ0v) is 16.4. The quantitative estimate of drug-likeness (QED) is 0.748. The largest absolute Gasteiger partial charge is 0.481 e. The van der Waals surface area contributed by atoms with Crippen molar-refractivity contribution in [3.63, 3.8) is 0 Å². The summed E-state index contributed by atoms with van der Waals surface area (Å²) in [4.78, 5) is 17.3. The average molecular weight is 367 g/mol. The molecule has 1 fully saturated rings. The van der Waals surface area contributed by atoms with Crippen LogP contribution in [0, 0.1) is 0 Å². The summed E-state index contributed by atoms with van der Waals surface area (Å²) in [5.41, 5.74) is 2.60. The lowest BCUT2D eigenvalue weighted by Gasteiger charge is -2.36. The molecule has 1 saturated heterocycles. The summed E-state index contributed by atoms with van der Waals surface area (Å²) in [6.07, 6.45) is 1.28. The molecule has 0 spiro atoms. The average Bonchev–Trinajstić information content (AvgIpc) is 2.73. The van der Waals surface area contributed by atoms with Gasteiger partial charge in [0.1, 0.15) is 5.75 Å². The van der Waals surface area contributed by atoms with Crippen molar-refractivity contribution < 1.29 is 9.53 Å². The van der Waals surface area contributed by atoms with Gasteiger partial charge in [-0.15, -0.1) is 0 Å². The number of rotatable bonds is 7. The van der Waals surface area contributed by atoms with Crippen LogP contribution in [0.2, 0.25) is 0 Å². The molecule has 0 saturated carbocycles. The first-order valence-electron chi connectivity index (χ1n) is 10.00. The molecule has 0 aromatic heterocycles. The van der Waals surface area contributed by atoms with Crippen LogP contribution in [0.3, 0.4) is 0 Å². The van der Waals surface area contributed by atoms with Crippen LogP contribution in [0.1, 0.15) is 31.4 Å². The van der Waals surface area contributed by atoms with Gasteiger partial charge in [-0.2, -0.15) is 0 Å². The number of benzene rings is 2. The summed E-state index contributed by atoms with van der Waals surface area (Å²) >= 11 is 0. The standard InChI is InChI=1S/C23H30N2O2/c1-3-19-10-12-21(13-11-19)27-22(4-2)23(26)25-16-14-24(15-17-25)18-20-8-6-5-7-9-20/h5-13,22H,3-4,14-18H2,1-2H3/t22-/m1/s1. The molecule has 0 unspecified atom stereocenters. The molecule has 3 rings (SSSR count). The number of carbonyl (C=O) groups is 1. The Kier molecular flexibility index (Phi) is 6.88. The summed E-state index contributed by atoms with van der Waals surface area (Å²) in [5.74, 6) is 0.881. The van der Waals surface area contributed by atoms with E-state index in [2.05, 4.69) is 48.2 Å². The number of piperazine rings is 1. The fourth-order valence-corrected chi connectivity index (χ4v) is 3.45. The normalized spacial score (nSPS) is 16.1. The molecule has 1 heterocycles. The zero-order valence-electron chi connectivity index (χ0n) is 16.4. The van der Waals surface area contributed by atoms with Gasteiger partial charge in [0.25, 0.3) is 5.91 Å². The van der Waals surface area contributed by atoms with Crippen LogP contribution in [-0.4, -0.2) is 48.0 Å². The minimum absolute atomic E-state index is 0.108. The third kappa shape index (κ3) is 5.33. The Balaban J connectivity index is 1.52. The Morgan fingerprint density at radius 1 is 0.926 bits per heavy atom. The van der Waals surface area contributed by atoms with E-state index in [4.69, 9.17) is 4.74 Å². The highest BCUT2D eigenvalue weighted by Gasteiger charge is 2.27. The molecule has 2 aromatic rings. The van der Waals surface area contributed by atoms with Gasteiger partial charge in [0.15, 0.2) is 6.10 Å². The van der Waals surface area contributed by atoms with Crippen molar-refractivity contribution in [2.45, 2.75) is 39.3 Å². The summed E-state index contributed by atoms with van der Waals surface area (Å²) in [6.45, 7) is 8.42. The highest BCUT2D eigenvalue weighted by atomic mass is 16.5. The second kappa shape index (κ2) is 9.56. The van der Waals surface area contributed by atoms with E-state index in [1.807, 2.05) is 30.0 Å². The third-order valence-electron chi connectivity index (χ3n) is 5.19. The maximum Gasteiger partial charge on any atom is 0.263 e. The molecule has 0 radical (unpaired) electrons. The smallest absolute Gasteiger partial charge is 0.263 e. The molecular formula is C23H30N2O2. The van der Waals surface area contributed by atoms with Crippen molar-refractivity contribution in [1.82, 2.24) is 9.80 Å². The lowest BCUT2D eigenvalue weighted by molar-refractivity contribution is -0.140. The van der Waals surface area contributed by atoms with Crippen molar-refractivity contribution in [2.75, 3.05) is 26.2 Å². The number of nitrogens with zero attached hydrogens (tertiary/aromatic N) is 2. The second-order valence-electron chi connectivity index (χ2n) is 7.10. The summed E-state index contributed by atoms with van der Waals surface area (Å²) < 4.78 is 6.00. The van der Waals surface area contributed by atoms with Gasteiger partial charge >= 0.3 is 0 Å². The lowest BCUT2D eigenvalue weighted by Crippen LogP contribution is -2.52. The van der Waals surface area contributed by atoms with Crippen LogP contribution in [-0.2, 0) is 17.8 Å². The molecule has 1 atom stereocenters. The molecule has 0 aliphatic carbocycles. The van der Waals surface area contributed by atoms with E-state index < -0.39 is 6.10 Å². The molecule has 0 N–H and O–H groups in total. The molecule has 0 bridgehead atoms. The summed E-state index contributed by atoms with van der Waals surface area (Å²) in [6, 6.07) is 18.6. The molecule has 4 heteroatoms. The summed E-state index contributed by atoms with van der Waals surface area (Å²) in [5, 5.41) is 0. The van der Waals surface area contributed by atoms with Gasteiger partial charge in [0.05, 0.1) is 0 Å². The Hall–Kier alpha value is -2.33. The highest BCUT2D eigenvalue weighted by Crippen LogP contribution is 2.17. The molecule has 1 amide bonds. The fourth-order valence-electron chi connectivity index (χ4n) is 3.45. The van der Waals surface area contributed by atoms with Gasteiger partial charge in [-0.25, -0.2) is 0 Å². The Morgan fingerprint density at radius 2 is 1.59 bits per heavy atom. The van der Waals surface area contributed by atoms with Crippen molar-refractivity contribution in [3.8, 4) is 5.75 Å². The lowest BCUT2D eigenvalue weighted by atomic mass is 10.1. The first-order chi connectivity index (χ1) is 13.2. The van der Waals surface area contributed by atoms with Crippen LogP contribution < -0.4 is 4.74 Å². The van der Waals surface area contributed by atoms with Crippen LogP contribution in [0.15, 0.2) is 54.6 Å². The monoisotopic (exact) mass is 366 g/mol. The van der Waals surface area contributed by atoms with Crippen LogP contribution >= 0.6 is 0 Å². The van der Waals surface area contributed by atoms with Crippen LogP contribution in [0.5, 0.6) is 5.75 Å². The maximum absolute atomic E-state index is 12.9. The summed E-state index contributed by atoms with van der Waals surface area (Å²) in [7, 11) is 0. The predicted molar refractivity (Wildman–Crippen MR) is 109 cm³/mol. The molecule has 4 nitrogen and oxygen atoms in total. The van der Waals surface area contributed by atoms with Crippen LogP contribution in [0.25, 0.3) is 0 Å². The van der Waals surface area contributed by atoms with E-state index in [0.717, 1.165) is 44.9 Å². The number of ether oxygens (including phenoxy) is 1. The topological polar surface area (TPSA) is 32.8 Å². The van der Waals surface area contributed by atoms with Crippen molar-refractivity contribution in [2.24, 2.45) is 0 Å². The first kappa shape index (κ1) is 19.4. The number of hydrogen-bond acceptors (Lipinski definition) is 3. The number of carbonyl (C=O) groups excluding carboxylic acids is 1. The van der Waals surface area contributed by atoms with Gasteiger partial charge in [0.2, 0.25) is 0 Å². The van der Waals surface area contributed by atoms with Gasteiger partial charge in [-0.05, 0) is 36.1 Å². The maximum atomic E-state index is 12.9. The first-order valence-corrected chi connectivity index (χ1v) is 10.00. The van der Waals surface area contributed by atoms with Gasteiger partial charge in [0, 0.05) is 32.7 Å². The van der Waals surface area contributed by atoms with E-state index in [1.54, 1.807) is 0 Å². The molecule has 2 aromatic carbocycles. The van der Waals surface area contributed by atoms with Gasteiger partial charge < -0.3 is 9.64 Å². The molecule has 27 heavy (non-hydrogen) atoms. The SMILES string of the molecule is CCc1ccc(O[C@H](CC)C(=O)N2CCN(Cc3ccccc3)CC2)cc1. The molecule has 1 aliphatic rings. The zero-order chi connectivity index (χ0) is 19.1. The fraction of sp³-hybridized carbons (Fsp3) is 0.435. The Labute approximate surface area is 162 Å². The van der Waals surface area contributed by atoms with E-state index in [9.17, 15) is 4.79 Å². The second-order valence-corrected chi connectivity index (χ2v) is 7.10. The highest BCUT2D eigenvalue weighted by molar-refractivity contribution is 5.81. The number of hydrogen-bond donors (Lipinski definition) is 0. The Bertz CT molecular complexity index is 707. The van der Waals surface area contributed by atoms with Crippen molar-refractivity contribution in [1.29, 1.82) is 0 Å². The minimum atomic E-state index is -0.404. The number of amides is 1. The number of aryl methyl sites for hydroxylation is 1. The minimum Gasteiger partial charge on any atom is -0.481 e. The van der Waals surface area contributed by atoms with Gasteiger partial charge in [-0.1, -0.05) is 56.3 Å². The van der Waals surface area contributed by atoms with Crippen LogP contribution in [0.4, 0.5) is 0 Å². The van der Waals surface area contributed by atoms with E-state index in [-0.39, 0.29) is 5.91 Å². The van der Waals surface area contributed by atoms with E-state index in [0.29, 0.717) is 6.42 Å². The van der Waals surface area contributed by atoms with E-state index in [1.165, 1.54) is 11.1 Å². The van der Waals surface area contributed by atoms with Crippen molar-refractivity contribution in [3.05, 3.63) is 65.7 Å². The third-order valence-corrected chi connectivity index (χ3v) is 5.19. The van der Waals surface area contributed by atoms with Gasteiger partial charge in [-0.3, -0.25) is 9.69 Å². The predicted octanol–water partition coefficient (Wildman–Crippen LogP) is 3.75. The van der Waals surface area contributed by atoms with Crippen molar-refractivity contribution >= 4 is 5.91 Å². The Morgan fingerprint density at radius 3 is 2.19 bits per heavy atom.